The first-order valence-electron chi connectivity index (χ1n) is 4.68. The zero-order valence-electron chi connectivity index (χ0n) is 8.31. The van der Waals surface area contributed by atoms with E-state index in [1.54, 1.807) is 18.5 Å². The number of nitrogen functional groups attached to an aromatic ring is 1. The number of hydrogen-bond acceptors (Lipinski definition) is 4. The first-order chi connectivity index (χ1) is 6.74. The van der Waals surface area contributed by atoms with Gasteiger partial charge in [-0.3, -0.25) is 4.98 Å². The molecule has 1 aromatic rings. The van der Waals surface area contributed by atoms with E-state index in [0.29, 0.717) is 25.3 Å². The van der Waals surface area contributed by atoms with E-state index in [2.05, 4.69) is 4.98 Å². The largest absolute Gasteiger partial charge is 0.398 e. The minimum Gasteiger partial charge on any atom is -0.398 e. The summed E-state index contributed by atoms with van der Waals surface area (Å²) in [5.74, 6) is 0. The summed E-state index contributed by atoms with van der Waals surface area (Å²) in [6.07, 6.45) is 3.28. The molecule has 0 bridgehead atoms. The Balaban J connectivity index is 2.47. The van der Waals surface area contributed by atoms with Crippen molar-refractivity contribution >= 4 is 5.69 Å². The van der Waals surface area contributed by atoms with Crippen molar-refractivity contribution in [3.63, 3.8) is 0 Å². The van der Waals surface area contributed by atoms with Crippen molar-refractivity contribution in [3.8, 4) is 0 Å². The van der Waals surface area contributed by atoms with Gasteiger partial charge >= 0.3 is 0 Å². The molecule has 0 spiro atoms. The van der Waals surface area contributed by atoms with Crippen LogP contribution in [0.3, 0.4) is 0 Å². The lowest BCUT2D eigenvalue weighted by molar-refractivity contribution is 0.0430. The van der Waals surface area contributed by atoms with Gasteiger partial charge < -0.3 is 15.6 Å². The quantitative estimate of drug-likeness (QED) is 0.723. The average molecular weight is 196 g/mol. The van der Waals surface area contributed by atoms with Gasteiger partial charge in [-0.25, -0.2) is 0 Å². The van der Waals surface area contributed by atoms with Gasteiger partial charge in [0.2, 0.25) is 0 Å². The van der Waals surface area contributed by atoms with Crippen LogP contribution >= 0.6 is 0 Å². The number of nitrogens with zero attached hydrogens (tertiary/aromatic N) is 1. The molecule has 0 aliphatic carbocycles. The molecule has 4 nitrogen and oxygen atoms in total. The summed E-state index contributed by atoms with van der Waals surface area (Å²) >= 11 is 0. The second-order valence-electron chi connectivity index (χ2n) is 3.09. The summed E-state index contributed by atoms with van der Waals surface area (Å²) in [7, 11) is 0. The normalized spacial score (nSPS) is 12.7. The second kappa shape index (κ2) is 5.57. The fraction of sp³-hybridized carbons (Fsp3) is 0.500. The molecular formula is C10H16N2O2. The maximum atomic E-state index is 9.55. The molecule has 1 rings (SSSR count). The molecule has 0 aliphatic rings. The molecule has 1 heterocycles. The summed E-state index contributed by atoms with van der Waals surface area (Å²) in [6, 6.07) is 1.72. The maximum Gasteiger partial charge on any atom is 0.0815 e. The molecule has 0 amide bonds. The van der Waals surface area contributed by atoms with Crippen LogP contribution in [0.5, 0.6) is 0 Å². The Bertz CT molecular complexity index is 279. The van der Waals surface area contributed by atoms with E-state index in [0.717, 1.165) is 5.56 Å². The van der Waals surface area contributed by atoms with Crippen molar-refractivity contribution in [2.45, 2.75) is 19.4 Å². The third-order valence-electron chi connectivity index (χ3n) is 1.91. The lowest BCUT2D eigenvalue weighted by Crippen LogP contribution is -2.18. The van der Waals surface area contributed by atoms with Gasteiger partial charge in [-0.15, -0.1) is 0 Å². The number of hydrogen-bond donors (Lipinski definition) is 2. The summed E-state index contributed by atoms with van der Waals surface area (Å²) in [5, 5.41) is 9.55. The van der Waals surface area contributed by atoms with Crippen molar-refractivity contribution in [3.05, 3.63) is 24.0 Å². The first-order valence-corrected chi connectivity index (χ1v) is 4.68. The van der Waals surface area contributed by atoms with E-state index >= 15 is 0 Å². The molecule has 3 N–H and O–H groups in total. The molecule has 0 aromatic carbocycles. The highest BCUT2D eigenvalue weighted by Gasteiger charge is 2.07. The zero-order chi connectivity index (χ0) is 10.4. The van der Waals surface area contributed by atoms with Gasteiger partial charge in [-0.1, -0.05) is 0 Å². The lowest BCUT2D eigenvalue weighted by Gasteiger charge is -2.11. The number of aliphatic hydroxyl groups excluding tert-OH is 1. The van der Waals surface area contributed by atoms with Gasteiger partial charge in [-0.2, -0.15) is 0 Å². The highest BCUT2D eigenvalue weighted by molar-refractivity contribution is 5.44. The number of rotatable bonds is 5. The van der Waals surface area contributed by atoms with E-state index in [1.807, 2.05) is 6.92 Å². The second-order valence-corrected chi connectivity index (χ2v) is 3.09. The van der Waals surface area contributed by atoms with Crippen molar-refractivity contribution < 1.29 is 9.84 Å². The van der Waals surface area contributed by atoms with Crippen LogP contribution in [0.1, 0.15) is 12.5 Å². The summed E-state index contributed by atoms with van der Waals surface area (Å²) in [5.41, 5.74) is 7.23. The molecule has 0 radical (unpaired) electrons. The molecule has 0 saturated carbocycles. The van der Waals surface area contributed by atoms with Gasteiger partial charge in [0, 0.05) is 31.1 Å². The van der Waals surface area contributed by atoms with E-state index < -0.39 is 6.10 Å². The Hall–Kier alpha value is -1.13. The van der Waals surface area contributed by atoms with Crippen molar-refractivity contribution in [1.29, 1.82) is 0 Å². The minimum atomic E-state index is -0.513. The lowest BCUT2D eigenvalue weighted by atomic mass is 10.1. The maximum absolute atomic E-state index is 9.55. The summed E-state index contributed by atoms with van der Waals surface area (Å²) in [6.45, 7) is 2.84. The van der Waals surface area contributed by atoms with Crippen molar-refractivity contribution in [1.82, 2.24) is 4.98 Å². The molecule has 14 heavy (non-hydrogen) atoms. The molecule has 0 fully saturated rings. The molecule has 78 valence electrons. The fourth-order valence-electron chi connectivity index (χ4n) is 1.18. The molecule has 1 atom stereocenters. The van der Waals surface area contributed by atoms with Crippen LogP contribution in [0.15, 0.2) is 18.5 Å². The first kappa shape index (κ1) is 10.9. The van der Waals surface area contributed by atoms with Crippen molar-refractivity contribution in [2.75, 3.05) is 18.9 Å². The predicted molar refractivity (Wildman–Crippen MR) is 54.9 cm³/mol. The average Bonchev–Trinajstić information content (AvgIpc) is 2.18. The van der Waals surface area contributed by atoms with Crippen LogP contribution in [0.2, 0.25) is 0 Å². The Morgan fingerprint density at radius 3 is 3.07 bits per heavy atom. The van der Waals surface area contributed by atoms with Crippen molar-refractivity contribution in [2.24, 2.45) is 0 Å². The fourth-order valence-corrected chi connectivity index (χ4v) is 1.18. The Labute approximate surface area is 83.7 Å². The predicted octanol–water partition coefficient (Wildman–Crippen LogP) is 0.604. The van der Waals surface area contributed by atoms with Crippen LogP contribution in [0.25, 0.3) is 0 Å². The smallest absolute Gasteiger partial charge is 0.0815 e. The molecule has 1 unspecified atom stereocenters. The third kappa shape index (κ3) is 3.32. The van der Waals surface area contributed by atoms with E-state index in [1.165, 1.54) is 0 Å². The number of pyridine rings is 1. The van der Waals surface area contributed by atoms with Gasteiger partial charge in [0.1, 0.15) is 0 Å². The van der Waals surface area contributed by atoms with Gasteiger partial charge in [-0.05, 0) is 18.6 Å². The monoisotopic (exact) mass is 196 g/mol. The number of ether oxygens (including phenoxy) is 1. The number of aliphatic hydroxyl groups is 1. The topological polar surface area (TPSA) is 68.4 Å². The molecule has 0 aliphatic heterocycles. The highest BCUT2D eigenvalue weighted by atomic mass is 16.5. The van der Waals surface area contributed by atoms with Crippen LogP contribution in [-0.2, 0) is 11.2 Å². The van der Waals surface area contributed by atoms with Gasteiger partial charge in [0.15, 0.2) is 0 Å². The van der Waals surface area contributed by atoms with Crippen LogP contribution in [0.4, 0.5) is 5.69 Å². The van der Waals surface area contributed by atoms with Gasteiger partial charge in [0.25, 0.3) is 0 Å². The third-order valence-corrected chi connectivity index (χ3v) is 1.91. The number of anilines is 1. The Morgan fingerprint density at radius 1 is 1.64 bits per heavy atom. The Kier molecular flexibility index (Phi) is 4.35. The molecule has 0 saturated heterocycles. The summed E-state index contributed by atoms with van der Waals surface area (Å²) < 4.78 is 5.10. The molecule has 4 heteroatoms. The van der Waals surface area contributed by atoms with E-state index in [9.17, 15) is 5.11 Å². The summed E-state index contributed by atoms with van der Waals surface area (Å²) in [4.78, 5) is 3.95. The van der Waals surface area contributed by atoms with Crippen LogP contribution in [-0.4, -0.2) is 29.4 Å². The standard InChI is InChI=1S/C10H16N2O2/c1-2-14-7-9(13)5-8-6-12-4-3-10(8)11/h3-4,6,9,13H,2,5,7H2,1H3,(H2,11,12). The minimum absolute atomic E-state index is 0.338. The van der Waals surface area contributed by atoms with Crippen LogP contribution < -0.4 is 5.73 Å². The van der Waals surface area contributed by atoms with E-state index in [4.69, 9.17) is 10.5 Å². The molecular weight excluding hydrogens is 180 g/mol. The van der Waals surface area contributed by atoms with Crippen LogP contribution in [0, 0.1) is 0 Å². The number of nitrogens with two attached hydrogens (primary N) is 1. The van der Waals surface area contributed by atoms with E-state index in [-0.39, 0.29) is 0 Å². The molecule has 1 aromatic heterocycles. The van der Waals surface area contributed by atoms with Gasteiger partial charge in [0.05, 0.1) is 12.7 Å². The zero-order valence-corrected chi connectivity index (χ0v) is 8.31. The number of aromatic nitrogens is 1. The SMILES string of the molecule is CCOCC(O)Cc1cnccc1N. The Morgan fingerprint density at radius 2 is 2.43 bits per heavy atom. The highest BCUT2D eigenvalue weighted by Crippen LogP contribution is 2.11.